The Morgan fingerprint density at radius 2 is 1.69 bits per heavy atom. The fourth-order valence-electron chi connectivity index (χ4n) is 3.61. The Kier molecular flexibility index (Phi) is 8.52. The van der Waals surface area contributed by atoms with Gasteiger partial charge in [-0.3, -0.25) is 0 Å². The van der Waals surface area contributed by atoms with Gasteiger partial charge in [-0.1, -0.05) is 78.1 Å². The van der Waals surface area contributed by atoms with E-state index in [0.717, 1.165) is 10.5 Å². The number of carboxylic acids is 1. The summed E-state index contributed by atoms with van der Waals surface area (Å²) >= 11 is 21.3. The van der Waals surface area contributed by atoms with Gasteiger partial charge in [0.2, 0.25) is 5.56 Å². The molecule has 36 heavy (non-hydrogen) atoms. The van der Waals surface area contributed by atoms with E-state index in [2.05, 4.69) is 5.16 Å². The van der Waals surface area contributed by atoms with Crippen LogP contribution >= 0.6 is 46.6 Å². The van der Waals surface area contributed by atoms with Crippen LogP contribution in [0.3, 0.4) is 0 Å². The number of ether oxygens (including phenoxy) is 1. The maximum Gasteiger partial charge on any atom is 0.335 e. The molecule has 9 heteroatoms. The second-order valence-electron chi connectivity index (χ2n) is 8.22. The molecule has 0 bridgehead atoms. The lowest BCUT2D eigenvalue weighted by molar-refractivity contribution is 0.0697. The molecule has 0 radical (unpaired) electrons. The topological polar surface area (TPSA) is 72.6 Å². The van der Waals surface area contributed by atoms with Gasteiger partial charge in [-0.2, -0.15) is 0 Å². The van der Waals surface area contributed by atoms with Crippen LogP contribution < -0.4 is 4.74 Å². The molecule has 0 aliphatic heterocycles. The van der Waals surface area contributed by atoms with Gasteiger partial charge in [0, 0.05) is 27.7 Å². The SMILES string of the molecule is CC(C)c1onc(-c2c(Cl)cccc2Cl)c1C(Cl)Oc1ccccc1CSc1ccc(C(=O)O)cc1. The maximum absolute atomic E-state index is 11.1. The highest BCUT2D eigenvalue weighted by molar-refractivity contribution is 7.98. The zero-order chi connectivity index (χ0) is 25.8. The number of alkyl halides is 1. The lowest BCUT2D eigenvalue weighted by Crippen LogP contribution is -2.06. The molecule has 0 amide bonds. The van der Waals surface area contributed by atoms with Gasteiger partial charge < -0.3 is 14.4 Å². The van der Waals surface area contributed by atoms with Gasteiger partial charge in [-0.05, 0) is 42.5 Å². The first-order chi connectivity index (χ1) is 17.3. The Balaban J connectivity index is 1.61. The standard InChI is InChI=1S/C27H22Cl3NO4S/c1-15(2)25-23(24(31-35-25)22-19(28)7-5-8-20(22)29)26(30)34-21-9-4-3-6-17(21)14-36-18-12-10-16(11-13-18)27(32)33/h3-13,15,26H,14H2,1-2H3,(H,32,33). The highest BCUT2D eigenvalue weighted by atomic mass is 35.5. The van der Waals surface area contributed by atoms with Gasteiger partial charge in [0.05, 0.1) is 21.2 Å². The number of hydrogen-bond donors (Lipinski definition) is 1. The lowest BCUT2D eigenvalue weighted by atomic mass is 10.0. The van der Waals surface area contributed by atoms with Crippen LogP contribution in [-0.4, -0.2) is 16.2 Å². The van der Waals surface area contributed by atoms with Crippen LogP contribution in [-0.2, 0) is 5.75 Å². The summed E-state index contributed by atoms with van der Waals surface area (Å²) in [6, 6.07) is 19.6. The number of aromatic nitrogens is 1. The molecule has 1 unspecified atom stereocenters. The Morgan fingerprint density at radius 1 is 1.03 bits per heavy atom. The predicted molar refractivity (Wildman–Crippen MR) is 145 cm³/mol. The highest BCUT2D eigenvalue weighted by Crippen LogP contribution is 2.43. The van der Waals surface area contributed by atoms with Crippen molar-refractivity contribution < 1.29 is 19.2 Å². The summed E-state index contributed by atoms with van der Waals surface area (Å²) in [5, 5.41) is 14.2. The fraction of sp³-hybridized carbons (Fsp3) is 0.185. The highest BCUT2D eigenvalue weighted by Gasteiger charge is 2.29. The van der Waals surface area contributed by atoms with Crippen LogP contribution in [0.4, 0.5) is 0 Å². The molecule has 1 N–H and O–H groups in total. The molecule has 3 aromatic carbocycles. The molecule has 4 aromatic rings. The predicted octanol–water partition coefficient (Wildman–Crippen LogP) is 9.08. The van der Waals surface area contributed by atoms with E-state index in [1.807, 2.05) is 38.1 Å². The number of carboxylic acid groups (broad SMARTS) is 1. The number of hydrogen-bond acceptors (Lipinski definition) is 5. The summed E-state index contributed by atoms with van der Waals surface area (Å²) in [4.78, 5) is 12.0. The average molecular weight is 563 g/mol. The number of nitrogens with zero attached hydrogens (tertiary/aromatic N) is 1. The monoisotopic (exact) mass is 561 g/mol. The molecular formula is C27H22Cl3NO4S. The Hall–Kier alpha value is -2.64. The Morgan fingerprint density at radius 3 is 2.33 bits per heavy atom. The first-order valence-electron chi connectivity index (χ1n) is 11.0. The van der Waals surface area contributed by atoms with Crippen molar-refractivity contribution in [1.82, 2.24) is 5.16 Å². The summed E-state index contributed by atoms with van der Waals surface area (Å²) in [6.07, 6.45) is 0. The molecule has 1 atom stereocenters. The summed E-state index contributed by atoms with van der Waals surface area (Å²) in [5.41, 5.74) is 1.81. The van der Waals surface area contributed by atoms with E-state index >= 15 is 0 Å². The Bertz CT molecular complexity index is 1350. The van der Waals surface area contributed by atoms with Crippen LogP contribution in [0.1, 0.15) is 52.6 Å². The molecule has 1 aromatic heterocycles. The zero-order valence-electron chi connectivity index (χ0n) is 19.4. The number of aromatic carboxylic acids is 1. The normalized spacial score (nSPS) is 12.1. The molecule has 0 spiro atoms. The van der Waals surface area contributed by atoms with Crippen LogP contribution in [0.15, 0.2) is 76.1 Å². The van der Waals surface area contributed by atoms with Gasteiger partial charge in [0.15, 0.2) is 0 Å². The van der Waals surface area contributed by atoms with E-state index in [4.69, 9.17) is 49.2 Å². The maximum atomic E-state index is 11.1. The molecular weight excluding hydrogens is 541 g/mol. The number of rotatable bonds is 9. The van der Waals surface area contributed by atoms with Crippen molar-refractivity contribution in [3.05, 3.63) is 99.2 Å². The van der Waals surface area contributed by atoms with Crippen LogP contribution in [0.5, 0.6) is 5.75 Å². The Labute approximate surface area is 228 Å². The smallest absolute Gasteiger partial charge is 0.335 e. The first kappa shape index (κ1) is 26.4. The third-order valence-corrected chi connectivity index (χ3v) is 7.40. The van der Waals surface area contributed by atoms with Crippen LogP contribution in [0.2, 0.25) is 10.0 Å². The van der Waals surface area contributed by atoms with Crippen LogP contribution in [0.25, 0.3) is 11.3 Å². The van der Waals surface area contributed by atoms with Gasteiger partial charge in [-0.15, -0.1) is 11.8 Å². The minimum absolute atomic E-state index is 0.00747. The molecule has 0 fully saturated rings. The zero-order valence-corrected chi connectivity index (χ0v) is 22.5. The molecule has 0 saturated carbocycles. The largest absolute Gasteiger partial charge is 0.478 e. The number of benzene rings is 3. The lowest BCUT2D eigenvalue weighted by Gasteiger charge is -2.18. The van der Waals surface area contributed by atoms with Crippen molar-refractivity contribution in [3.8, 4) is 17.0 Å². The van der Waals surface area contributed by atoms with Gasteiger partial charge in [-0.25, -0.2) is 4.79 Å². The van der Waals surface area contributed by atoms with Crippen molar-refractivity contribution in [2.45, 2.75) is 36.0 Å². The van der Waals surface area contributed by atoms with E-state index in [1.54, 1.807) is 54.2 Å². The minimum Gasteiger partial charge on any atom is -0.478 e. The van der Waals surface area contributed by atoms with E-state index in [1.165, 1.54) is 0 Å². The fourth-order valence-corrected chi connectivity index (χ4v) is 5.39. The van der Waals surface area contributed by atoms with Crippen molar-refractivity contribution in [3.63, 3.8) is 0 Å². The molecule has 4 rings (SSSR count). The molecule has 186 valence electrons. The van der Waals surface area contributed by atoms with Gasteiger partial charge >= 0.3 is 5.97 Å². The van der Waals surface area contributed by atoms with E-state index in [-0.39, 0.29) is 11.5 Å². The summed E-state index contributed by atoms with van der Waals surface area (Å²) in [6.45, 7) is 3.96. The van der Waals surface area contributed by atoms with Crippen LogP contribution in [0, 0.1) is 0 Å². The first-order valence-corrected chi connectivity index (χ1v) is 13.2. The van der Waals surface area contributed by atoms with Gasteiger partial charge in [0.25, 0.3) is 0 Å². The van der Waals surface area contributed by atoms with Crippen molar-refractivity contribution in [2.24, 2.45) is 0 Å². The quantitative estimate of drug-likeness (QED) is 0.162. The van der Waals surface area contributed by atoms with E-state index in [0.29, 0.717) is 44.1 Å². The summed E-state index contributed by atoms with van der Waals surface area (Å²) < 4.78 is 11.9. The second-order valence-corrected chi connectivity index (χ2v) is 10.5. The number of halogens is 3. The van der Waals surface area contributed by atoms with Crippen molar-refractivity contribution in [1.29, 1.82) is 0 Å². The second kappa shape index (κ2) is 11.6. The minimum atomic E-state index is -0.953. The average Bonchev–Trinajstić information content (AvgIpc) is 3.29. The third kappa shape index (κ3) is 5.84. The molecule has 0 saturated heterocycles. The van der Waals surface area contributed by atoms with E-state index in [9.17, 15) is 4.79 Å². The molecule has 0 aliphatic carbocycles. The number of thioether (sulfide) groups is 1. The third-order valence-electron chi connectivity index (χ3n) is 5.41. The molecule has 0 aliphatic rings. The number of carbonyl (C=O) groups is 1. The van der Waals surface area contributed by atoms with Crippen molar-refractivity contribution in [2.75, 3.05) is 0 Å². The molecule has 5 nitrogen and oxygen atoms in total. The van der Waals surface area contributed by atoms with Crippen molar-refractivity contribution >= 4 is 52.5 Å². The number of para-hydroxylation sites is 1. The van der Waals surface area contributed by atoms with Gasteiger partial charge in [0.1, 0.15) is 17.2 Å². The summed E-state index contributed by atoms with van der Waals surface area (Å²) in [7, 11) is 0. The van der Waals surface area contributed by atoms with E-state index < -0.39 is 11.5 Å². The summed E-state index contributed by atoms with van der Waals surface area (Å²) in [5.74, 6) is 0.832. The molecule has 1 heterocycles.